The molecule has 176 valence electrons. The molecule has 0 amide bonds. The van der Waals surface area contributed by atoms with Gasteiger partial charge < -0.3 is 19.7 Å². The average molecular weight is 485 g/mol. The molecule has 1 saturated heterocycles. The van der Waals surface area contributed by atoms with Crippen LogP contribution in [0.2, 0.25) is 0 Å². The first-order chi connectivity index (χ1) is 16.9. The molecular weight excluding hydrogens is 460 g/mol. The molecule has 5 rings (SSSR count). The number of rotatable bonds is 6. The average Bonchev–Trinajstić information content (AvgIpc) is 3.49. The molecule has 3 heterocycles. The first kappa shape index (κ1) is 22.5. The molecule has 35 heavy (non-hydrogen) atoms. The van der Waals surface area contributed by atoms with Crippen LogP contribution in [0.4, 0.5) is 17.1 Å². The molecule has 2 atom stereocenters. The van der Waals surface area contributed by atoms with E-state index in [4.69, 9.17) is 12.2 Å². The number of pyridine rings is 1. The third kappa shape index (κ3) is 4.22. The van der Waals surface area contributed by atoms with Crippen molar-refractivity contribution < 1.29 is 4.92 Å². The number of nitro groups is 1. The Bertz CT molecular complexity index is 1370. The molecule has 9 heteroatoms. The highest BCUT2D eigenvalue weighted by Crippen LogP contribution is 2.42. The Hall–Kier alpha value is -4.24. The third-order valence-corrected chi connectivity index (χ3v) is 6.46. The highest BCUT2D eigenvalue weighted by Gasteiger charge is 2.42. The zero-order chi connectivity index (χ0) is 24.5. The van der Waals surface area contributed by atoms with Crippen molar-refractivity contribution >= 4 is 34.4 Å². The second-order valence-electron chi connectivity index (χ2n) is 8.49. The molecule has 1 fully saturated rings. The number of hydrogen-bond acceptors (Lipinski definition) is 5. The van der Waals surface area contributed by atoms with Crippen molar-refractivity contribution in [1.29, 1.82) is 0 Å². The first-order valence-electron chi connectivity index (χ1n) is 11.1. The molecule has 1 N–H and O–H groups in total. The maximum absolute atomic E-state index is 11.4. The molecule has 4 aromatic rings. The van der Waals surface area contributed by atoms with Crippen LogP contribution in [-0.4, -0.2) is 33.7 Å². The third-order valence-electron chi connectivity index (χ3n) is 6.14. The van der Waals surface area contributed by atoms with E-state index in [2.05, 4.69) is 39.5 Å². The predicted molar refractivity (Wildman–Crippen MR) is 141 cm³/mol. The molecule has 8 nitrogen and oxygen atoms in total. The second-order valence-corrected chi connectivity index (χ2v) is 8.87. The Morgan fingerprint density at radius 1 is 1.00 bits per heavy atom. The normalized spacial score (nSPS) is 17.3. The molecule has 0 spiro atoms. The van der Waals surface area contributed by atoms with Crippen molar-refractivity contribution in [3.8, 4) is 5.69 Å². The van der Waals surface area contributed by atoms with Gasteiger partial charge in [0.15, 0.2) is 5.11 Å². The highest BCUT2D eigenvalue weighted by atomic mass is 32.1. The van der Waals surface area contributed by atoms with Gasteiger partial charge in [-0.25, -0.2) is 0 Å². The molecule has 0 unspecified atom stereocenters. The van der Waals surface area contributed by atoms with E-state index in [9.17, 15) is 10.1 Å². The van der Waals surface area contributed by atoms with Crippen LogP contribution in [0.3, 0.4) is 0 Å². The fourth-order valence-electron chi connectivity index (χ4n) is 4.47. The van der Waals surface area contributed by atoms with Crippen LogP contribution in [0.15, 0.2) is 91.3 Å². The van der Waals surface area contributed by atoms with Crippen LogP contribution in [0.5, 0.6) is 0 Å². The predicted octanol–water partition coefficient (Wildman–Crippen LogP) is 5.02. The van der Waals surface area contributed by atoms with E-state index in [1.165, 1.54) is 6.07 Å². The van der Waals surface area contributed by atoms with Crippen molar-refractivity contribution in [1.82, 2.24) is 14.9 Å². The van der Waals surface area contributed by atoms with E-state index < -0.39 is 0 Å². The van der Waals surface area contributed by atoms with Gasteiger partial charge in [-0.15, -0.1) is 0 Å². The second kappa shape index (κ2) is 9.19. The van der Waals surface area contributed by atoms with Crippen molar-refractivity contribution in [2.45, 2.75) is 12.1 Å². The summed E-state index contributed by atoms with van der Waals surface area (Å²) in [6.45, 7) is 0. The lowest BCUT2D eigenvalue weighted by Crippen LogP contribution is -2.30. The summed E-state index contributed by atoms with van der Waals surface area (Å²) in [5, 5.41) is 15.5. The maximum Gasteiger partial charge on any atom is 0.271 e. The van der Waals surface area contributed by atoms with E-state index in [0.29, 0.717) is 10.8 Å². The van der Waals surface area contributed by atoms with Crippen LogP contribution < -0.4 is 15.1 Å². The van der Waals surface area contributed by atoms with E-state index in [1.54, 1.807) is 18.3 Å². The van der Waals surface area contributed by atoms with E-state index in [1.807, 2.05) is 66.2 Å². The maximum atomic E-state index is 11.4. The summed E-state index contributed by atoms with van der Waals surface area (Å²) in [4.78, 5) is 19.8. The van der Waals surface area contributed by atoms with Crippen molar-refractivity contribution in [3.63, 3.8) is 0 Å². The summed E-state index contributed by atoms with van der Waals surface area (Å²) in [5.41, 5.74) is 4.58. The SMILES string of the molecule is CN(C)c1ccc(N2C(=S)N[C@H](c3ccccn3)[C@@H]2c2cccn2-c2cccc([N+](=O)[O-])c2)cc1. The van der Waals surface area contributed by atoms with Gasteiger partial charge >= 0.3 is 0 Å². The van der Waals surface area contributed by atoms with Gasteiger partial charge in [-0.1, -0.05) is 12.1 Å². The molecule has 2 aromatic heterocycles. The van der Waals surface area contributed by atoms with Crippen LogP contribution in [0.25, 0.3) is 5.69 Å². The minimum Gasteiger partial charge on any atom is -0.378 e. The Labute approximate surface area is 208 Å². The summed E-state index contributed by atoms with van der Waals surface area (Å²) in [5.74, 6) is 0. The van der Waals surface area contributed by atoms with Gasteiger partial charge in [0, 0.05) is 55.7 Å². The Balaban J connectivity index is 1.64. The van der Waals surface area contributed by atoms with Crippen LogP contribution in [0.1, 0.15) is 23.5 Å². The molecule has 1 aliphatic heterocycles. The van der Waals surface area contributed by atoms with Gasteiger partial charge in [-0.2, -0.15) is 0 Å². The fourth-order valence-corrected chi connectivity index (χ4v) is 4.82. The van der Waals surface area contributed by atoms with E-state index in [-0.39, 0.29) is 22.7 Å². The minimum absolute atomic E-state index is 0.0413. The van der Waals surface area contributed by atoms with Gasteiger partial charge in [-0.05, 0) is 66.8 Å². The van der Waals surface area contributed by atoms with E-state index in [0.717, 1.165) is 22.8 Å². The first-order valence-corrected chi connectivity index (χ1v) is 11.5. The van der Waals surface area contributed by atoms with Crippen LogP contribution >= 0.6 is 12.2 Å². The molecule has 0 saturated carbocycles. The summed E-state index contributed by atoms with van der Waals surface area (Å²) >= 11 is 5.83. The molecule has 0 bridgehead atoms. The van der Waals surface area contributed by atoms with Crippen molar-refractivity contribution in [2.24, 2.45) is 0 Å². The van der Waals surface area contributed by atoms with Gasteiger partial charge in [0.05, 0.1) is 22.3 Å². The summed E-state index contributed by atoms with van der Waals surface area (Å²) < 4.78 is 1.98. The van der Waals surface area contributed by atoms with Crippen LogP contribution in [-0.2, 0) is 0 Å². The largest absolute Gasteiger partial charge is 0.378 e. The van der Waals surface area contributed by atoms with Crippen molar-refractivity contribution in [3.05, 3.63) is 113 Å². The Morgan fingerprint density at radius 2 is 1.80 bits per heavy atom. The number of benzene rings is 2. The van der Waals surface area contributed by atoms with E-state index >= 15 is 0 Å². The molecule has 0 aliphatic carbocycles. The lowest BCUT2D eigenvalue weighted by molar-refractivity contribution is -0.384. The zero-order valence-corrected chi connectivity index (χ0v) is 20.1. The lowest BCUT2D eigenvalue weighted by Gasteiger charge is -2.29. The molecule has 1 aliphatic rings. The number of nitrogens with one attached hydrogen (secondary N) is 1. The Morgan fingerprint density at radius 3 is 2.49 bits per heavy atom. The molecule has 0 radical (unpaired) electrons. The number of nitrogens with zero attached hydrogens (tertiary/aromatic N) is 5. The number of thiocarbonyl (C=S) groups is 1. The lowest BCUT2D eigenvalue weighted by atomic mass is 10.0. The standard InChI is InChI=1S/C26H24N6O2S/c1-29(2)18-11-13-19(14-12-18)31-25(24(28-26(31)35)22-9-3-4-15-27-22)23-10-6-16-30(23)20-7-5-8-21(17-20)32(33)34/h3-17,24-25H,1-2H3,(H,28,35)/t24-,25+/m1/s1. The number of nitro benzene ring substituents is 1. The topological polar surface area (TPSA) is 79.5 Å². The summed E-state index contributed by atoms with van der Waals surface area (Å²) in [6.07, 6.45) is 3.68. The minimum atomic E-state index is -0.381. The van der Waals surface area contributed by atoms with Gasteiger partial charge in [0.25, 0.3) is 5.69 Å². The van der Waals surface area contributed by atoms with Gasteiger partial charge in [-0.3, -0.25) is 15.1 Å². The molecular formula is C26H24N6O2S. The molecule has 2 aromatic carbocycles. The number of anilines is 2. The van der Waals surface area contributed by atoms with Gasteiger partial charge in [0.1, 0.15) is 6.04 Å². The fraction of sp³-hybridized carbons (Fsp3) is 0.154. The zero-order valence-electron chi connectivity index (χ0n) is 19.3. The number of hydrogen-bond donors (Lipinski definition) is 1. The number of non-ortho nitro benzene ring substituents is 1. The monoisotopic (exact) mass is 484 g/mol. The summed E-state index contributed by atoms with van der Waals surface area (Å²) in [6, 6.07) is 24.2. The van der Waals surface area contributed by atoms with Crippen LogP contribution in [0, 0.1) is 10.1 Å². The smallest absolute Gasteiger partial charge is 0.271 e. The van der Waals surface area contributed by atoms with Crippen molar-refractivity contribution in [2.75, 3.05) is 23.9 Å². The number of aromatic nitrogens is 2. The quantitative estimate of drug-likeness (QED) is 0.234. The highest BCUT2D eigenvalue weighted by molar-refractivity contribution is 7.80. The van der Waals surface area contributed by atoms with Gasteiger partial charge in [0.2, 0.25) is 0 Å². The summed E-state index contributed by atoms with van der Waals surface area (Å²) in [7, 11) is 4.01. The Kier molecular flexibility index (Phi) is 5.92.